The van der Waals surface area contributed by atoms with Crippen molar-refractivity contribution in [2.24, 2.45) is 0 Å². The third-order valence-electron chi connectivity index (χ3n) is 7.18. The standard InChI is InChI=1S/C31H58BNO7/c1-23(2)38-22-26-29(39-24(3)4)30(31(32)40-26)37-21-20-25(5)33-27(34)18-16-14-12-10-8-6-7-9-11-13-15-17-19-28(35)36/h23-26,29-31H,6-22H2,1-5H3,(H,33,34)(H,35,36)/t25?,26-,29?,30+,31-/m1/s1. The fraction of sp³-hybridized carbons (Fsp3) is 0.935. The van der Waals surface area contributed by atoms with Crippen LogP contribution in [0.2, 0.25) is 0 Å². The number of carboxylic acid groups (broad SMARTS) is 1. The average molecular weight is 568 g/mol. The minimum atomic E-state index is -0.689. The SMILES string of the molecule is [B][C@@H]1O[C@H](COC(C)C)C(OC(C)C)[C@@H]1OCCC(C)NC(=O)CCCCCCCCCCCCCCC(=O)O. The summed E-state index contributed by atoms with van der Waals surface area (Å²) < 4.78 is 23.8. The molecule has 0 spiro atoms. The normalized spacial score (nSPS) is 21.8. The van der Waals surface area contributed by atoms with Crippen LogP contribution in [0.3, 0.4) is 0 Å². The summed E-state index contributed by atoms with van der Waals surface area (Å²) in [5.74, 6) is -0.588. The highest BCUT2D eigenvalue weighted by atomic mass is 16.6. The molecule has 1 aliphatic rings. The number of hydrogen-bond donors (Lipinski definition) is 2. The van der Waals surface area contributed by atoms with Gasteiger partial charge in [0, 0.05) is 31.5 Å². The predicted octanol–water partition coefficient (Wildman–Crippen LogP) is 5.92. The van der Waals surface area contributed by atoms with Crippen LogP contribution in [0.4, 0.5) is 0 Å². The minimum Gasteiger partial charge on any atom is -0.481 e. The summed E-state index contributed by atoms with van der Waals surface area (Å²) in [5, 5.41) is 11.7. The van der Waals surface area contributed by atoms with Crippen LogP contribution in [0.5, 0.6) is 0 Å². The number of carbonyl (C=O) groups is 2. The van der Waals surface area contributed by atoms with E-state index in [4.69, 9.17) is 31.9 Å². The van der Waals surface area contributed by atoms with Gasteiger partial charge in [0.05, 0.1) is 18.8 Å². The maximum Gasteiger partial charge on any atom is 0.303 e. The van der Waals surface area contributed by atoms with E-state index in [-0.39, 0.29) is 42.5 Å². The van der Waals surface area contributed by atoms with Gasteiger partial charge in [-0.2, -0.15) is 0 Å². The van der Waals surface area contributed by atoms with E-state index in [1.54, 1.807) is 0 Å². The second-order valence-electron chi connectivity index (χ2n) is 11.9. The second kappa shape index (κ2) is 22.4. The largest absolute Gasteiger partial charge is 0.481 e. The highest BCUT2D eigenvalue weighted by Gasteiger charge is 2.44. The van der Waals surface area contributed by atoms with Crippen molar-refractivity contribution in [3.05, 3.63) is 0 Å². The van der Waals surface area contributed by atoms with Crippen LogP contribution in [0.25, 0.3) is 0 Å². The molecule has 0 aromatic carbocycles. The fourth-order valence-corrected chi connectivity index (χ4v) is 4.98. The molecule has 1 aliphatic heterocycles. The van der Waals surface area contributed by atoms with Crippen molar-refractivity contribution >= 4 is 19.7 Å². The molecule has 0 aromatic rings. The number of aliphatic carboxylic acids is 1. The van der Waals surface area contributed by atoms with Crippen LogP contribution in [0, 0.1) is 0 Å². The third kappa shape index (κ3) is 18.3. The van der Waals surface area contributed by atoms with Gasteiger partial charge in [-0.15, -0.1) is 0 Å². The maximum absolute atomic E-state index is 12.3. The Kier molecular flexibility index (Phi) is 20.7. The zero-order valence-electron chi connectivity index (χ0n) is 26.0. The molecule has 1 amide bonds. The van der Waals surface area contributed by atoms with Crippen LogP contribution in [-0.4, -0.2) is 80.6 Å². The predicted molar refractivity (Wildman–Crippen MR) is 160 cm³/mol. The summed E-state index contributed by atoms with van der Waals surface area (Å²) in [6, 6.07) is -0.552. The lowest BCUT2D eigenvalue weighted by Gasteiger charge is -2.27. The molecule has 5 atom stereocenters. The number of hydrogen-bond acceptors (Lipinski definition) is 6. The van der Waals surface area contributed by atoms with Gasteiger partial charge in [0.1, 0.15) is 26.2 Å². The van der Waals surface area contributed by atoms with E-state index in [0.29, 0.717) is 32.5 Å². The first-order valence-electron chi connectivity index (χ1n) is 15.9. The molecular formula is C31H58BNO7. The lowest BCUT2D eigenvalue weighted by atomic mass is 9.92. The number of carboxylic acids is 1. The minimum absolute atomic E-state index is 0.0175. The lowest BCUT2D eigenvalue weighted by Crippen LogP contribution is -2.42. The molecule has 8 nitrogen and oxygen atoms in total. The Morgan fingerprint density at radius 1 is 0.800 bits per heavy atom. The van der Waals surface area contributed by atoms with Crippen molar-refractivity contribution in [3.8, 4) is 0 Å². The van der Waals surface area contributed by atoms with Crippen molar-refractivity contribution in [1.82, 2.24) is 5.32 Å². The number of amides is 1. The number of carbonyl (C=O) groups excluding carboxylic acids is 1. The van der Waals surface area contributed by atoms with Crippen LogP contribution >= 0.6 is 0 Å². The van der Waals surface area contributed by atoms with E-state index < -0.39 is 12.0 Å². The molecule has 1 fully saturated rings. The zero-order valence-corrected chi connectivity index (χ0v) is 26.0. The van der Waals surface area contributed by atoms with Gasteiger partial charge in [-0.05, 0) is 53.9 Å². The van der Waals surface area contributed by atoms with Crippen LogP contribution in [0.1, 0.15) is 131 Å². The van der Waals surface area contributed by atoms with Crippen LogP contribution < -0.4 is 5.32 Å². The zero-order chi connectivity index (χ0) is 29.8. The number of unbranched alkanes of at least 4 members (excludes halogenated alkanes) is 11. The van der Waals surface area contributed by atoms with Crippen LogP contribution in [-0.2, 0) is 28.5 Å². The molecule has 2 radical (unpaired) electrons. The number of ether oxygens (including phenoxy) is 4. The summed E-state index contributed by atoms with van der Waals surface area (Å²) in [6.45, 7) is 10.8. The van der Waals surface area contributed by atoms with Crippen molar-refractivity contribution in [2.45, 2.75) is 173 Å². The summed E-state index contributed by atoms with van der Waals surface area (Å²) in [7, 11) is 6.22. The van der Waals surface area contributed by atoms with E-state index in [2.05, 4.69) is 5.32 Å². The molecule has 0 aliphatic carbocycles. The lowest BCUT2D eigenvalue weighted by molar-refractivity contribution is -0.137. The second-order valence-corrected chi connectivity index (χ2v) is 11.9. The van der Waals surface area contributed by atoms with E-state index in [9.17, 15) is 9.59 Å². The van der Waals surface area contributed by atoms with Crippen molar-refractivity contribution in [2.75, 3.05) is 13.2 Å². The van der Waals surface area contributed by atoms with Gasteiger partial charge >= 0.3 is 5.97 Å². The highest BCUT2D eigenvalue weighted by Crippen LogP contribution is 2.27. The van der Waals surface area contributed by atoms with Gasteiger partial charge in [0.2, 0.25) is 5.91 Å². The summed E-state index contributed by atoms with van der Waals surface area (Å²) >= 11 is 0. The molecular weight excluding hydrogens is 509 g/mol. The highest BCUT2D eigenvalue weighted by molar-refractivity contribution is 6.11. The molecule has 0 saturated carbocycles. The van der Waals surface area contributed by atoms with Gasteiger partial charge in [0.15, 0.2) is 0 Å². The van der Waals surface area contributed by atoms with E-state index in [1.165, 1.54) is 44.9 Å². The van der Waals surface area contributed by atoms with E-state index in [0.717, 1.165) is 32.1 Å². The molecule has 2 unspecified atom stereocenters. The van der Waals surface area contributed by atoms with E-state index in [1.807, 2.05) is 34.6 Å². The fourth-order valence-electron chi connectivity index (χ4n) is 4.98. The van der Waals surface area contributed by atoms with Crippen molar-refractivity contribution in [3.63, 3.8) is 0 Å². The quantitative estimate of drug-likeness (QED) is 0.104. The molecule has 0 aromatic heterocycles. The van der Waals surface area contributed by atoms with E-state index >= 15 is 0 Å². The first-order chi connectivity index (χ1) is 19.1. The Balaban J connectivity index is 2.08. The van der Waals surface area contributed by atoms with Gasteiger partial charge in [0.25, 0.3) is 0 Å². The Bertz CT molecular complexity index is 664. The average Bonchev–Trinajstić information content (AvgIpc) is 3.16. The van der Waals surface area contributed by atoms with Crippen LogP contribution in [0.15, 0.2) is 0 Å². The topological polar surface area (TPSA) is 103 Å². The summed E-state index contributed by atoms with van der Waals surface area (Å²) in [4.78, 5) is 22.8. The molecule has 9 heteroatoms. The van der Waals surface area contributed by atoms with Crippen molar-refractivity contribution in [1.29, 1.82) is 0 Å². The van der Waals surface area contributed by atoms with Gasteiger partial charge < -0.3 is 29.4 Å². The number of nitrogens with one attached hydrogen (secondary N) is 1. The van der Waals surface area contributed by atoms with Gasteiger partial charge in [-0.3, -0.25) is 9.59 Å². The van der Waals surface area contributed by atoms with Gasteiger partial charge in [-0.25, -0.2) is 0 Å². The smallest absolute Gasteiger partial charge is 0.303 e. The summed E-state index contributed by atoms with van der Waals surface area (Å²) in [5.41, 5.74) is 0. The van der Waals surface area contributed by atoms with Gasteiger partial charge in [-0.1, -0.05) is 64.2 Å². The first kappa shape index (κ1) is 36.9. The Morgan fingerprint density at radius 2 is 1.32 bits per heavy atom. The third-order valence-corrected chi connectivity index (χ3v) is 7.18. The molecule has 40 heavy (non-hydrogen) atoms. The Labute approximate surface area is 245 Å². The molecule has 0 bridgehead atoms. The molecule has 2 N–H and O–H groups in total. The Morgan fingerprint density at radius 3 is 1.82 bits per heavy atom. The molecule has 232 valence electrons. The molecule has 1 saturated heterocycles. The number of rotatable bonds is 25. The maximum atomic E-state index is 12.3. The Hall–Kier alpha value is -1.16. The molecule has 1 rings (SSSR count). The van der Waals surface area contributed by atoms with Crippen molar-refractivity contribution < 1.29 is 33.6 Å². The summed E-state index contributed by atoms with van der Waals surface area (Å²) in [6.07, 6.45) is 14.4. The molecule has 1 heterocycles. The first-order valence-corrected chi connectivity index (χ1v) is 15.9. The monoisotopic (exact) mass is 567 g/mol.